The van der Waals surface area contributed by atoms with Gasteiger partial charge >= 0.3 is 17.9 Å². The van der Waals surface area contributed by atoms with Gasteiger partial charge < -0.3 is 14.2 Å². The molecule has 0 bridgehead atoms. The summed E-state index contributed by atoms with van der Waals surface area (Å²) in [5.74, 6) is -0.881. The molecule has 0 rings (SSSR count). The van der Waals surface area contributed by atoms with Crippen LogP contribution in [0.3, 0.4) is 0 Å². The van der Waals surface area contributed by atoms with Gasteiger partial charge in [-0.3, -0.25) is 14.4 Å². The van der Waals surface area contributed by atoms with Crippen LogP contribution in [0.4, 0.5) is 0 Å². The predicted octanol–water partition coefficient (Wildman–Crippen LogP) is 23.3. The van der Waals surface area contributed by atoms with Crippen LogP contribution in [0.2, 0.25) is 0 Å². The van der Waals surface area contributed by atoms with Gasteiger partial charge in [0.05, 0.1) is 0 Å². The molecule has 1 unspecified atom stereocenters. The lowest BCUT2D eigenvalue weighted by Crippen LogP contribution is -2.30. The molecule has 78 heavy (non-hydrogen) atoms. The Bertz CT molecular complexity index is 1440. The Labute approximate surface area is 484 Å². The number of ether oxygens (including phenoxy) is 3. The van der Waals surface area contributed by atoms with Gasteiger partial charge in [-0.15, -0.1) is 0 Å². The molecule has 0 saturated carbocycles. The van der Waals surface area contributed by atoms with Gasteiger partial charge in [0.1, 0.15) is 13.2 Å². The van der Waals surface area contributed by atoms with Crippen molar-refractivity contribution in [1.82, 2.24) is 0 Å². The van der Waals surface area contributed by atoms with Gasteiger partial charge in [0.2, 0.25) is 0 Å². The molecule has 0 aliphatic rings. The van der Waals surface area contributed by atoms with Crippen LogP contribution in [-0.4, -0.2) is 37.2 Å². The zero-order valence-corrected chi connectivity index (χ0v) is 51.9. The number of rotatable bonds is 62. The molecule has 0 aliphatic heterocycles. The Morgan fingerprint density at radius 2 is 0.462 bits per heavy atom. The van der Waals surface area contributed by atoms with Crippen LogP contribution in [0.1, 0.15) is 348 Å². The van der Waals surface area contributed by atoms with Crippen LogP contribution in [0, 0.1) is 0 Å². The van der Waals surface area contributed by atoms with Crippen LogP contribution in [0.15, 0.2) is 72.9 Å². The lowest BCUT2D eigenvalue weighted by molar-refractivity contribution is -0.167. The van der Waals surface area contributed by atoms with Gasteiger partial charge in [-0.05, 0) is 96.3 Å². The third-order valence-corrected chi connectivity index (χ3v) is 14.9. The molecule has 0 aromatic carbocycles. The number of carbonyl (C=O) groups is 3. The molecule has 0 N–H and O–H groups in total. The molecule has 6 nitrogen and oxygen atoms in total. The number of hydrogen-bond acceptors (Lipinski definition) is 6. The Hall–Kier alpha value is -3.15. The number of hydrogen-bond donors (Lipinski definition) is 0. The summed E-state index contributed by atoms with van der Waals surface area (Å²) >= 11 is 0. The summed E-state index contributed by atoms with van der Waals surface area (Å²) in [6.45, 7) is 6.64. The first-order valence-electron chi connectivity index (χ1n) is 33.9. The quantitative estimate of drug-likeness (QED) is 0.0261. The van der Waals surface area contributed by atoms with E-state index < -0.39 is 6.10 Å². The average molecular weight is 1090 g/mol. The zero-order chi connectivity index (χ0) is 56.4. The molecule has 0 aromatic heterocycles. The van der Waals surface area contributed by atoms with E-state index in [0.717, 1.165) is 103 Å². The SMILES string of the molecule is CCCCC/C=C\C/C=C\C/C=C\CCCCCCCCC(=O)OC(COC(=O)CCCCCCCCCC/C=C\C/C=C\C/C=C\CCCCCCC)COC(=O)CCCCCCCCCCCCCCCCCCCC. The Morgan fingerprint density at radius 1 is 0.256 bits per heavy atom. The first kappa shape index (κ1) is 74.8. The van der Waals surface area contributed by atoms with E-state index in [4.69, 9.17) is 14.2 Å². The third-order valence-electron chi connectivity index (χ3n) is 14.9. The van der Waals surface area contributed by atoms with Gasteiger partial charge in [0.25, 0.3) is 0 Å². The van der Waals surface area contributed by atoms with E-state index in [1.165, 1.54) is 205 Å². The van der Waals surface area contributed by atoms with E-state index in [2.05, 4.69) is 93.7 Å². The van der Waals surface area contributed by atoms with E-state index in [1.807, 2.05) is 0 Å². The summed E-state index contributed by atoms with van der Waals surface area (Å²) in [5, 5.41) is 0. The second-order valence-electron chi connectivity index (χ2n) is 22.7. The van der Waals surface area contributed by atoms with Crippen molar-refractivity contribution in [2.75, 3.05) is 13.2 Å². The lowest BCUT2D eigenvalue weighted by atomic mass is 10.0. The standard InChI is InChI=1S/C72H128O6/c1-4-7-10-13-16-19-22-25-28-31-34-35-36-37-39-41-44-47-50-53-56-59-62-65-71(74)77-68-69(67-76-70(73)64-61-58-55-52-49-46-43-40-33-30-27-24-21-18-15-12-9-6-3)78-72(75)66-63-60-57-54-51-48-45-42-38-32-29-26-23-20-17-14-11-8-5-2/h17,20,22,25-26,29,31,34,36-38,42,69H,4-16,18-19,21,23-24,27-28,30,32-33,35,39-41,43-68H2,1-3H3/b20-17-,25-22-,29-26-,34-31-,37-36-,42-38-. The number of unbranched alkanes of at least 4 members (excludes halogenated alkanes) is 39. The molecule has 0 radical (unpaired) electrons. The highest BCUT2D eigenvalue weighted by atomic mass is 16.6. The van der Waals surface area contributed by atoms with Crippen LogP contribution in [0.5, 0.6) is 0 Å². The minimum atomic E-state index is -0.786. The van der Waals surface area contributed by atoms with Gasteiger partial charge in [-0.2, -0.15) is 0 Å². The van der Waals surface area contributed by atoms with Gasteiger partial charge in [0.15, 0.2) is 6.10 Å². The summed E-state index contributed by atoms with van der Waals surface area (Å²) in [5.41, 5.74) is 0. The second-order valence-corrected chi connectivity index (χ2v) is 22.7. The average Bonchev–Trinajstić information content (AvgIpc) is 3.44. The normalized spacial score (nSPS) is 12.5. The fourth-order valence-electron chi connectivity index (χ4n) is 9.81. The van der Waals surface area contributed by atoms with Crippen molar-refractivity contribution >= 4 is 17.9 Å². The third kappa shape index (κ3) is 63.7. The Kier molecular flexibility index (Phi) is 63.7. The topological polar surface area (TPSA) is 78.9 Å². The first-order valence-corrected chi connectivity index (χ1v) is 33.9. The summed E-state index contributed by atoms with van der Waals surface area (Å²) in [6.07, 6.45) is 86.2. The second kappa shape index (κ2) is 66.4. The van der Waals surface area contributed by atoms with Crippen molar-refractivity contribution in [2.24, 2.45) is 0 Å². The summed E-state index contributed by atoms with van der Waals surface area (Å²) in [6, 6.07) is 0. The molecule has 0 aromatic rings. The van der Waals surface area contributed by atoms with E-state index in [-0.39, 0.29) is 31.1 Å². The van der Waals surface area contributed by atoms with Crippen molar-refractivity contribution in [2.45, 2.75) is 354 Å². The lowest BCUT2D eigenvalue weighted by Gasteiger charge is -2.18. The van der Waals surface area contributed by atoms with Crippen molar-refractivity contribution < 1.29 is 28.6 Å². The highest BCUT2D eigenvalue weighted by molar-refractivity contribution is 5.71. The molecular formula is C72H128O6. The maximum absolute atomic E-state index is 12.9. The number of carbonyl (C=O) groups excluding carboxylic acids is 3. The fraction of sp³-hybridized carbons (Fsp3) is 0.792. The van der Waals surface area contributed by atoms with Crippen molar-refractivity contribution in [3.8, 4) is 0 Å². The minimum absolute atomic E-state index is 0.0801. The largest absolute Gasteiger partial charge is 0.462 e. The van der Waals surface area contributed by atoms with Gasteiger partial charge in [-0.25, -0.2) is 0 Å². The van der Waals surface area contributed by atoms with E-state index in [9.17, 15) is 14.4 Å². The summed E-state index contributed by atoms with van der Waals surface area (Å²) in [4.78, 5) is 38.4. The minimum Gasteiger partial charge on any atom is -0.462 e. The smallest absolute Gasteiger partial charge is 0.306 e. The molecule has 1 atom stereocenters. The van der Waals surface area contributed by atoms with Crippen molar-refractivity contribution in [1.29, 1.82) is 0 Å². The monoisotopic (exact) mass is 1090 g/mol. The summed E-state index contributed by atoms with van der Waals surface area (Å²) < 4.78 is 17.0. The molecule has 0 aliphatic carbocycles. The van der Waals surface area contributed by atoms with Crippen LogP contribution in [-0.2, 0) is 28.6 Å². The molecule has 6 heteroatoms. The molecule has 0 amide bonds. The molecule has 0 fully saturated rings. The molecular weight excluding hydrogens is 961 g/mol. The van der Waals surface area contributed by atoms with Crippen molar-refractivity contribution in [3.05, 3.63) is 72.9 Å². The highest BCUT2D eigenvalue weighted by Crippen LogP contribution is 2.17. The van der Waals surface area contributed by atoms with E-state index >= 15 is 0 Å². The highest BCUT2D eigenvalue weighted by Gasteiger charge is 2.19. The van der Waals surface area contributed by atoms with E-state index in [0.29, 0.717) is 19.3 Å². The molecule has 0 heterocycles. The zero-order valence-electron chi connectivity index (χ0n) is 51.9. The van der Waals surface area contributed by atoms with Crippen LogP contribution < -0.4 is 0 Å². The summed E-state index contributed by atoms with van der Waals surface area (Å²) in [7, 11) is 0. The molecule has 0 spiro atoms. The van der Waals surface area contributed by atoms with E-state index in [1.54, 1.807) is 0 Å². The Balaban J connectivity index is 4.39. The van der Waals surface area contributed by atoms with Crippen molar-refractivity contribution in [3.63, 3.8) is 0 Å². The van der Waals surface area contributed by atoms with Crippen LogP contribution in [0.25, 0.3) is 0 Å². The number of allylic oxidation sites excluding steroid dienone is 12. The fourth-order valence-corrected chi connectivity index (χ4v) is 9.81. The first-order chi connectivity index (χ1) is 38.5. The van der Waals surface area contributed by atoms with Gasteiger partial charge in [0, 0.05) is 19.3 Å². The van der Waals surface area contributed by atoms with Gasteiger partial charge in [-0.1, -0.05) is 306 Å². The predicted molar refractivity (Wildman–Crippen MR) is 339 cm³/mol. The molecule has 0 saturated heterocycles. The Morgan fingerprint density at radius 3 is 0.744 bits per heavy atom. The maximum atomic E-state index is 12.9. The molecule has 452 valence electrons. The maximum Gasteiger partial charge on any atom is 0.306 e. The van der Waals surface area contributed by atoms with Crippen LogP contribution >= 0.6 is 0 Å². The number of esters is 3.